The Morgan fingerprint density at radius 3 is 2.68 bits per heavy atom. The third kappa shape index (κ3) is 6.78. The summed E-state index contributed by atoms with van der Waals surface area (Å²) in [4.78, 5) is 7.27. The minimum absolute atomic E-state index is 0.331. The van der Waals surface area contributed by atoms with Gasteiger partial charge in [-0.15, -0.1) is 0 Å². The molecule has 1 aliphatic carbocycles. The van der Waals surface area contributed by atoms with E-state index in [4.69, 9.17) is 14.5 Å². The van der Waals surface area contributed by atoms with Gasteiger partial charge < -0.3 is 19.7 Å². The molecule has 0 spiro atoms. The van der Waals surface area contributed by atoms with E-state index in [1.165, 1.54) is 38.5 Å². The maximum atomic E-state index is 6.13. The number of rotatable bonds is 8. The summed E-state index contributed by atoms with van der Waals surface area (Å²) >= 11 is 0. The number of hydrogen-bond donors (Lipinski definition) is 1. The number of piperidine rings is 1. The molecule has 0 aromatic carbocycles. The third-order valence-corrected chi connectivity index (χ3v) is 5.60. The summed E-state index contributed by atoms with van der Waals surface area (Å²) in [7, 11) is 0. The number of ether oxygens (including phenoxy) is 2. The standard InChI is InChI=1S/C20H37N3O2/c1-2-21-20(22-12-5-6-17-8-9-17)23-13-10-18(11-14-23)25-16-19-7-3-4-15-24-19/h17-19H,2-16H2,1H3,(H,21,22). The van der Waals surface area contributed by atoms with Crippen LogP contribution in [0, 0.1) is 5.92 Å². The lowest BCUT2D eigenvalue weighted by atomic mass is 10.1. The van der Waals surface area contributed by atoms with Gasteiger partial charge in [0.2, 0.25) is 0 Å². The van der Waals surface area contributed by atoms with Gasteiger partial charge >= 0.3 is 0 Å². The van der Waals surface area contributed by atoms with Crippen molar-refractivity contribution in [3.63, 3.8) is 0 Å². The van der Waals surface area contributed by atoms with Gasteiger partial charge in [0.25, 0.3) is 0 Å². The normalized spacial score (nSPS) is 26.0. The number of nitrogens with one attached hydrogen (secondary N) is 1. The van der Waals surface area contributed by atoms with Crippen LogP contribution in [0.15, 0.2) is 4.99 Å². The zero-order valence-electron chi connectivity index (χ0n) is 16.0. The molecule has 2 heterocycles. The molecule has 0 amide bonds. The maximum absolute atomic E-state index is 6.13. The van der Waals surface area contributed by atoms with Crippen molar-refractivity contribution in [2.45, 2.75) is 76.9 Å². The number of nitrogens with zero attached hydrogens (tertiary/aromatic N) is 2. The lowest BCUT2D eigenvalue weighted by Gasteiger charge is -2.35. The molecule has 5 heteroatoms. The summed E-state index contributed by atoms with van der Waals surface area (Å²) in [6.45, 7) is 7.84. The fourth-order valence-electron chi connectivity index (χ4n) is 3.81. The molecule has 2 saturated heterocycles. The molecule has 3 aliphatic rings. The van der Waals surface area contributed by atoms with Crippen molar-refractivity contribution in [3.8, 4) is 0 Å². The van der Waals surface area contributed by atoms with Gasteiger partial charge in [-0.05, 0) is 57.8 Å². The van der Waals surface area contributed by atoms with Crippen LogP contribution in [0.2, 0.25) is 0 Å². The first-order chi connectivity index (χ1) is 12.3. The molecule has 1 N–H and O–H groups in total. The molecular formula is C20H37N3O2. The Morgan fingerprint density at radius 1 is 1.16 bits per heavy atom. The van der Waals surface area contributed by atoms with Gasteiger partial charge in [0.1, 0.15) is 0 Å². The highest BCUT2D eigenvalue weighted by Gasteiger charge is 2.24. The smallest absolute Gasteiger partial charge is 0.193 e. The second-order valence-electron chi connectivity index (χ2n) is 7.83. The summed E-state index contributed by atoms with van der Waals surface area (Å²) < 4.78 is 11.9. The molecule has 0 aromatic heterocycles. The number of aliphatic imine (C=N–C) groups is 1. The summed E-state index contributed by atoms with van der Waals surface area (Å²) in [5.74, 6) is 2.12. The van der Waals surface area contributed by atoms with E-state index in [0.717, 1.165) is 70.5 Å². The summed E-state index contributed by atoms with van der Waals surface area (Å²) in [6.07, 6.45) is 12.1. The number of hydrogen-bond acceptors (Lipinski definition) is 3. The summed E-state index contributed by atoms with van der Waals surface area (Å²) in [5, 5.41) is 3.47. The highest BCUT2D eigenvalue weighted by atomic mass is 16.5. The highest BCUT2D eigenvalue weighted by Crippen LogP contribution is 2.33. The van der Waals surface area contributed by atoms with Crippen molar-refractivity contribution in [2.24, 2.45) is 10.9 Å². The SMILES string of the molecule is CCNC(=NCCCC1CC1)N1CCC(OCC2CCCCO2)CC1. The first-order valence-corrected chi connectivity index (χ1v) is 10.6. The van der Waals surface area contributed by atoms with Crippen LogP contribution in [0.25, 0.3) is 0 Å². The molecule has 0 radical (unpaired) electrons. The van der Waals surface area contributed by atoms with E-state index in [0.29, 0.717) is 12.2 Å². The van der Waals surface area contributed by atoms with Crippen LogP contribution in [-0.2, 0) is 9.47 Å². The van der Waals surface area contributed by atoms with Crippen molar-refractivity contribution in [1.82, 2.24) is 10.2 Å². The molecule has 1 saturated carbocycles. The fraction of sp³-hybridized carbons (Fsp3) is 0.950. The average Bonchev–Trinajstić information content (AvgIpc) is 3.48. The van der Waals surface area contributed by atoms with E-state index < -0.39 is 0 Å². The van der Waals surface area contributed by atoms with Gasteiger partial charge in [0.15, 0.2) is 5.96 Å². The van der Waals surface area contributed by atoms with E-state index in [-0.39, 0.29) is 0 Å². The largest absolute Gasteiger partial charge is 0.376 e. The molecule has 0 aromatic rings. The zero-order valence-corrected chi connectivity index (χ0v) is 16.0. The maximum Gasteiger partial charge on any atom is 0.193 e. The first-order valence-electron chi connectivity index (χ1n) is 10.6. The zero-order chi connectivity index (χ0) is 17.3. The Morgan fingerprint density at radius 2 is 2.00 bits per heavy atom. The topological polar surface area (TPSA) is 46.1 Å². The Labute approximate surface area is 153 Å². The predicted molar refractivity (Wildman–Crippen MR) is 102 cm³/mol. The summed E-state index contributed by atoms with van der Waals surface area (Å²) in [5.41, 5.74) is 0. The molecule has 5 nitrogen and oxygen atoms in total. The van der Waals surface area contributed by atoms with E-state index in [9.17, 15) is 0 Å². The van der Waals surface area contributed by atoms with Crippen LogP contribution < -0.4 is 5.32 Å². The van der Waals surface area contributed by atoms with Crippen molar-refractivity contribution in [3.05, 3.63) is 0 Å². The van der Waals surface area contributed by atoms with Crippen LogP contribution in [0.1, 0.15) is 64.7 Å². The molecule has 0 bridgehead atoms. The van der Waals surface area contributed by atoms with E-state index >= 15 is 0 Å². The Kier molecular flexibility index (Phi) is 7.86. The van der Waals surface area contributed by atoms with Crippen molar-refractivity contribution in [2.75, 3.05) is 39.4 Å². The molecule has 3 fully saturated rings. The van der Waals surface area contributed by atoms with Crippen LogP contribution in [0.4, 0.5) is 0 Å². The lowest BCUT2D eigenvalue weighted by Crippen LogP contribution is -2.47. The third-order valence-electron chi connectivity index (χ3n) is 5.60. The highest BCUT2D eigenvalue weighted by molar-refractivity contribution is 5.80. The number of guanidine groups is 1. The van der Waals surface area contributed by atoms with Crippen molar-refractivity contribution >= 4 is 5.96 Å². The van der Waals surface area contributed by atoms with Gasteiger partial charge in [-0.2, -0.15) is 0 Å². The molecule has 1 unspecified atom stereocenters. The van der Waals surface area contributed by atoms with E-state index in [2.05, 4.69) is 17.1 Å². The minimum atomic E-state index is 0.331. The molecule has 25 heavy (non-hydrogen) atoms. The quantitative estimate of drug-likeness (QED) is 0.414. The molecule has 144 valence electrons. The first kappa shape index (κ1) is 19.0. The minimum Gasteiger partial charge on any atom is -0.376 e. The van der Waals surface area contributed by atoms with Crippen molar-refractivity contribution in [1.29, 1.82) is 0 Å². The average molecular weight is 352 g/mol. The monoisotopic (exact) mass is 351 g/mol. The Hall–Kier alpha value is -0.810. The van der Waals surface area contributed by atoms with Crippen LogP contribution >= 0.6 is 0 Å². The second kappa shape index (κ2) is 10.4. The van der Waals surface area contributed by atoms with Crippen LogP contribution in [-0.4, -0.2) is 62.5 Å². The van der Waals surface area contributed by atoms with Crippen molar-refractivity contribution < 1.29 is 9.47 Å². The van der Waals surface area contributed by atoms with E-state index in [1.807, 2.05) is 0 Å². The lowest BCUT2D eigenvalue weighted by molar-refractivity contribution is -0.0721. The van der Waals surface area contributed by atoms with Gasteiger partial charge in [0, 0.05) is 32.8 Å². The predicted octanol–water partition coefficient (Wildman–Crippen LogP) is 3.19. The molecule has 2 aliphatic heterocycles. The Balaban J connectivity index is 1.35. The Bertz CT molecular complexity index is 398. The van der Waals surface area contributed by atoms with E-state index in [1.54, 1.807) is 0 Å². The second-order valence-corrected chi connectivity index (χ2v) is 7.83. The fourth-order valence-corrected chi connectivity index (χ4v) is 3.81. The summed E-state index contributed by atoms with van der Waals surface area (Å²) in [6, 6.07) is 0. The van der Waals surface area contributed by atoms with Gasteiger partial charge in [0.05, 0.1) is 18.8 Å². The van der Waals surface area contributed by atoms with Gasteiger partial charge in [-0.1, -0.05) is 12.8 Å². The molecule has 3 rings (SSSR count). The van der Waals surface area contributed by atoms with Crippen LogP contribution in [0.5, 0.6) is 0 Å². The van der Waals surface area contributed by atoms with Crippen LogP contribution in [0.3, 0.4) is 0 Å². The molecule has 1 atom stereocenters. The van der Waals surface area contributed by atoms with Gasteiger partial charge in [-0.25, -0.2) is 0 Å². The van der Waals surface area contributed by atoms with Gasteiger partial charge in [-0.3, -0.25) is 4.99 Å². The molecular weight excluding hydrogens is 314 g/mol. The number of likely N-dealkylation sites (tertiary alicyclic amines) is 1.